The Morgan fingerprint density at radius 1 is 1.12 bits per heavy atom. The molecular weight excluding hydrogens is 426 g/mol. The lowest BCUT2D eigenvalue weighted by Gasteiger charge is -2.58. The van der Waals surface area contributed by atoms with E-state index < -0.39 is 0 Å². The number of fused-ring (bicyclic) bond motifs is 1. The van der Waals surface area contributed by atoms with Crippen molar-refractivity contribution < 1.29 is 14.7 Å². The number of hydrogen-bond acceptors (Lipinski definition) is 4. The Bertz CT molecular complexity index is 1080. The second-order valence-electron chi connectivity index (χ2n) is 9.68. The zero-order valence-corrected chi connectivity index (χ0v) is 19.4. The maximum atomic E-state index is 12.9. The fourth-order valence-corrected chi connectivity index (χ4v) is 5.70. The summed E-state index contributed by atoms with van der Waals surface area (Å²) in [7, 11) is 0. The van der Waals surface area contributed by atoms with Gasteiger partial charge in [0.1, 0.15) is 0 Å². The Kier molecular flexibility index (Phi) is 6.64. The topological polar surface area (TPSA) is 73.7 Å². The molecule has 2 aromatic rings. The molecule has 0 spiro atoms. The van der Waals surface area contributed by atoms with E-state index in [4.69, 9.17) is 0 Å². The van der Waals surface area contributed by atoms with Crippen molar-refractivity contribution in [2.75, 3.05) is 19.7 Å². The molecule has 2 aliphatic heterocycles. The van der Waals surface area contributed by atoms with Gasteiger partial charge in [0, 0.05) is 36.3 Å². The molecule has 34 heavy (non-hydrogen) atoms. The van der Waals surface area contributed by atoms with Crippen molar-refractivity contribution in [2.45, 2.75) is 56.5 Å². The zero-order chi connectivity index (χ0) is 23.5. The van der Waals surface area contributed by atoms with E-state index in [0.717, 1.165) is 16.7 Å². The molecule has 2 saturated heterocycles. The first-order valence-corrected chi connectivity index (χ1v) is 12.3. The maximum Gasteiger partial charge on any atom is 0.242 e. The summed E-state index contributed by atoms with van der Waals surface area (Å²) in [6.07, 6.45) is 9.88. The Morgan fingerprint density at radius 2 is 1.91 bits per heavy atom. The summed E-state index contributed by atoms with van der Waals surface area (Å²) in [5, 5.41) is 10.0. The smallest absolute Gasteiger partial charge is 0.242 e. The molecule has 1 aliphatic carbocycles. The quantitative estimate of drug-likeness (QED) is 0.717. The molecule has 3 atom stereocenters. The number of benzene rings is 1. The van der Waals surface area contributed by atoms with Crippen LogP contribution in [0.25, 0.3) is 0 Å². The predicted molar refractivity (Wildman–Crippen MR) is 129 cm³/mol. The SMILES string of the molecule is O=C(Cc1cccnc1)N1CC(=O)N2[C@H](CO)[C@H](c3ccc(C#CC4CCCCC4)cc3)[C@H]2C1. The highest BCUT2D eigenvalue weighted by atomic mass is 16.3. The highest BCUT2D eigenvalue weighted by molar-refractivity contribution is 5.88. The molecule has 6 heteroatoms. The van der Waals surface area contributed by atoms with Crippen LogP contribution in [0.2, 0.25) is 0 Å². The molecule has 0 radical (unpaired) electrons. The van der Waals surface area contributed by atoms with Crippen molar-refractivity contribution in [1.29, 1.82) is 0 Å². The number of carbonyl (C=O) groups excluding carboxylic acids is 2. The van der Waals surface area contributed by atoms with E-state index in [0.29, 0.717) is 12.5 Å². The summed E-state index contributed by atoms with van der Waals surface area (Å²) in [5.41, 5.74) is 2.92. The van der Waals surface area contributed by atoms with Gasteiger partial charge in [-0.2, -0.15) is 0 Å². The van der Waals surface area contributed by atoms with Crippen molar-refractivity contribution in [1.82, 2.24) is 14.8 Å². The molecule has 0 unspecified atom stereocenters. The first-order chi connectivity index (χ1) is 16.6. The van der Waals surface area contributed by atoms with Crippen molar-refractivity contribution in [3.8, 4) is 11.8 Å². The molecule has 176 valence electrons. The molecular formula is C28H31N3O3. The lowest BCUT2D eigenvalue weighted by molar-refractivity contribution is -0.166. The minimum absolute atomic E-state index is 0.00305. The van der Waals surface area contributed by atoms with Crippen LogP contribution in [-0.2, 0) is 16.0 Å². The zero-order valence-electron chi connectivity index (χ0n) is 19.4. The molecule has 5 rings (SSSR count). The van der Waals surface area contributed by atoms with Gasteiger partial charge < -0.3 is 14.9 Å². The standard InChI is InChI=1S/C28H31N3O3/c32-19-25-28(23-12-10-21(11-13-23)9-8-20-5-2-1-3-6-20)24-17-30(18-27(34)31(24)25)26(33)15-22-7-4-14-29-16-22/h4,7,10-14,16,20,24-25,28,32H,1-3,5-6,15,17-19H2/t24-,25-,28-/m1/s1. The van der Waals surface area contributed by atoms with Gasteiger partial charge >= 0.3 is 0 Å². The van der Waals surface area contributed by atoms with Crippen LogP contribution in [0.5, 0.6) is 0 Å². The predicted octanol–water partition coefficient (Wildman–Crippen LogP) is 2.75. The van der Waals surface area contributed by atoms with Gasteiger partial charge in [-0.1, -0.05) is 49.3 Å². The Morgan fingerprint density at radius 3 is 2.62 bits per heavy atom. The minimum Gasteiger partial charge on any atom is -0.394 e. The molecule has 1 saturated carbocycles. The van der Waals surface area contributed by atoms with E-state index in [1.54, 1.807) is 22.2 Å². The molecule has 1 aromatic heterocycles. The minimum atomic E-state index is -0.243. The number of rotatable bonds is 4. The maximum absolute atomic E-state index is 12.9. The summed E-state index contributed by atoms with van der Waals surface area (Å²) < 4.78 is 0. The lowest BCUT2D eigenvalue weighted by atomic mass is 9.73. The van der Waals surface area contributed by atoms with E-state index in [9.17, 15) is 14.7 Å². The first kappa shape index (κ1) is 22.6. The van der Waals surface area contributed by atoms with Gasteiger partial charge in [0.05, 0.1) is 31.7 Å². The number of amides is 2. The Balaban J connectivity index is 1.28. The number of hydrogen-bond donors (Lipinski definition) is 1. The largest absolute Gasteiger partial charge is 0.394 e. The van der Waals surface area contributed by atoms with Crippen LogP contribution in [0, 0.1) is 17.8 Å². The van der Waals surface area contributed by atoms with Crippen LogP contribution < -0.4 is 0 Å². The normalized spacial score (nSPS) is 24.6. The van der Waals surface area contributed by atoms with Crippen LogP contribution in [0.4, 0.5) is 0 Å². The molecule has 3 fully saturated rings. The van der Waals surface area contributed by atoms with Crippen molar-refractivity contribution in [2.24, 2.45) is 5.92 Å². The highest BCUT2D eigenvalue weighted by Crippen LogP contribution is 2.43. The number of nitrogens with zero attached hydrogens (tertiary/aromatic N) is 3. The highest BCUT2D eigenvalue weighted by Gasteiger charge is 2.54. The summed E-state index contributed by atoms with van der Waals surface area (Å²) in [6.45, 7) is 0.462. The molecule has 3 aliphatic rings. The third kappa shape index (κ3) is 4.58. The van der Waals surface area contributed by atoms with Crippen molar-refractivity contribution in [3.63, 3.8) is 0 Å². The van der Waals surface area contributed by atoms with E-state index in [2.05, 4.69) is 29.0 Å². The second kappa shape index (κ2) is 9.99. The molecule has 2 amide bonds. The number of pyridine rings is 1. The summed E-state index contributed by atoms with van der Waals surface area (Å²) in [6, 6.07) is 11.5. The second-order valence-corrected chi connectivity index (χ2v) is 9.68. The van der Waals surface area contributed by atoms with E-state index >= 15 is 0 Å². The molecule has 1 N–H and O–H groups in total. The average Bonchev–Trinajstić information content (AvgIpc) is 2.86. The van der Waals surface area contributed by atoms with Gasteiger partial charge in [-0.25, -0.2) is 0 Å². The summed E-state index contributed by atoms with van der Waals surface area (Å²) in [5.74, 6) is 7.11. The third-order valence-corrected chi connectivity index (χ3v) is 7.50. The number of aromatic nitrogens is 1. The van der Waals surface area contributed by atoms with Gasteiger partial charge in [0.2, 0.25) is 11.8 Å². The monoisotopic (exact) mass is 457 g/mol. The number of aliphatic hydroxyl groups is 1. The van der Waals surface area contributed by atoms with Gasteiger partial charge in [-0.05, 0) is 42.2 Å². The van der Waals surface area contributed by atoms with E-state index in [1.807, 2.05) is 24.3 Å². The van der Waals surface area contributed by atoms with Crippen LogP contribution in [0.15, 0.2) is 48.8 Å². The van der Waals surface area contributed by atoms with Crippen molar-refractivity contribution in [3.05, 3.63) is 65.5 Å². The average molecular weight is 458 g/mol. The molecule has 3 heterocycles. The van der Waals surface area contributed by atoms with E-state index in [1.165, 1.54) is 32.1 Å². The third-order valence-electron chi connectivity index (χ3n) is 7.50. The molecule has 1 aromatic carbocycles. The first-order valence-electron chi connectivity index (χ1n) is 12.3. The summed E-state index contributed by atoms with van der Waals surface area (Å²) >= 11 is 0. The van der Waals surface area contributed by atoms with Gasteiger partial charge in [-0.15, -0.1) is 0 Å². The Labute approximate surface area is 201 Å². The van der Waals surface area contributed by atoms with Gasteiger partial charge in [0.15, 0.2) is 0 Å². The van der Waals surface area contributed by atoms with Gasteiger partial charge in [-0.3, -0.25) is 14.6 Å². The van der Waals surface area contributed by atoms with Gasteiger partial charge in [0.25, 0.3) is 0 Å². The van der Waals surface area contributed by atoms with E-state index in [-0.39, 0.29) is 49.4 Å². The van der Waals surface area contributed by atoms with Crippen LogP contribution in [0.1, 0.15) is 54.7 Å². The summed E-state index contributed by atoms with van der Waals surface area (Å²) in [4.78, 5) is 33.2. The fourth-order valence-electron chi connectivity index (χ4n) is 5.70. The number of aliphatic hydroxyl groups excluding tert-OH is 1. The van der Waals surface area contributed by atoms with Crippen LogP contribution in [-0.4, -0.2) is 63.5 Å². The number of piperazine rings is 1. The van der Waals surface area contributed by atoms with Crippen LogP contribution >= 0.6 is 0 Å². The number of carbonyl (C=O) groups is 2. The van der Waals surface area contributed by atoms with Crippen molar-refractivity contribution >= 4 is 11.8 Å². The van der Waals surface area contributed by atoms with Crippen LogP contribution in [0.3, 0.4) is 0 Å². The lowest BCUT2D eigenvalue weighted by Crippen LogP contribution is -2.73. The Hall–Kier alpha value is -3.17. The fraction of sp³-hybridized carbons (Fsp3) is 0.464. The molecule has 6 nitrogen and oxygen atoms in total. The molecule has 0 bridgehead atoms.